The van der Waals surface area contributed by atoms with Crippen molar-refractivity contribution in [1.29, 1.82) is 5.26 Å². The smallest absolute Gasteiger partial charge is 0.257 e. The van der Waals surface area contributed by atoms with E-state index in [1.165, 1.54) is 0 Å². The third kappa shape index (κ3) is 6.12. The van der Waals surface area contributed by atoms with Crippen molar-refractivity contribution in [2.24, 2.45) is 0 Å². The van der Waals surface area contributed by atoms with E-state index in [9.17, 15) is 4.79 Å². The van der Waals surface area contributed by atoms with Crippen LogP contribution in [-0.4, -0.2) is 19.1 Å². The van der Waals surface area contributed by atoms with E-state index in [2.05, 4.69) is 11.4 Å². The van der Waals surface area contributed by atoms with Crippen LogP contribution in [0, 0.1) is 11.3 Å². The van der Waals surface area contributed by atoms with Crippen molar-refractivity contribution in [1.82, 2.24) is 5.32 Å². The predicted octanol–water partition coefficient (Wildman–Crippen LogP) is 2.53. The number of carbonyl (C=O) groups excluding carboxylic acids is 1. The predicted molar refractivity (Wildman–Crippen MR) is 69.4 cm³/mol. The average molecular weight is 267 g/mol. The third-order valence-corrected chi connectivity index (χ3v) is 2.44. The van der Waals surface area contributed by atoms with Gasteiger partial charge in [0, 0.05) is 18.0 Å². The monoisotopic (exact) mass is 266 g/mol. The molecule has 1 aromatic rings. The van der Waals surface area contributed by atoms with Gasteiger partial charge in [-0.1, -0.05) is 17.7 Å². The molecule has 0 spiro atoms. The summed E-state index contributed by atoms with van der Waals surface area (Å²) in [5, 5.41) is 11.6. The van der Waals surface area contributed by atoms with E-state index in [1.807, 2.05) is 0 Å². The molecule has 0 aliphatic carbocycles. The first kappa shape index (κ1) is 14.3. The third-order valence-electron chi connectivity index (χ3n) is 2.20. The van der Waals surface area contributed by atoms with Gasteiger partial charge in [0.1, 0.15) is 5.75 Å². The summed E-state index contributed by atoms with van der Waals surface area (Å²) in [5.74, 6) is 0.397. The number of ether oxygens (including phenoxy) is 1. The van der Waals surface area contributed by atoms with Gasteiger partial charge in [-0.25, -0.2) is 0 Å². The second-order valence-corrected chi connectivity index (χ2v) is 4.15. The van der Waals surface area contributed by atoms with Gasteiger partial charge in [0.2, 0.25) is 0 Å². The van der Waals surface area contributed by atoms with Crippen LogP contribution in [0.15, 0.2) is 24.3 Å². The van der Waals surface area contributed by atoms with Crippen LogP contribution in [0.5, 0.6) is 5.75 Å². The number of nitrogens with zero attached hydrogens (tertiary/aromatic N) is 1. The molecular weight excluding hydrogens is 252 g/mol. The van der Waals surface area contributed by atoms with Gasteiger partial charge in [-0.15, -0.1) is 0 Å². The fourth-order valence-electron chi connectivity index (χ4n) is 1.31. The summed E-state index contributed by atoms with van der Waals surface area (Å²) >= 11 is 5.79. The van der Waals surface area contributed by atoms with Crippen LogP contribution in [0.4, 0.5) is 0 Å². The Bertz CT molecular complexity index is 429. The Morgan fingerprint density at radius 1 is 1.44 bits per heavy atom. The molecule has 0 atom stereocenters. The molecule has 5 heteroatoms. The van der Waals surface area contributed by atoms with E-state index < -0.39 is 0 Å². The molecule has 0 aliphatic rings. The molecule has 0 unspecified atom stereocenters. The number of hydrogen-bond donors (Lipinski definition) is 1. The molecule has 0 saturated heterocycles. The van der Waals surface area contributed by atoms with Gasteiger partial charge in [-0.2, -0.15) is 5.26 Å². The van der Waals surface area contributed by atoms with E-state index in [-0.39, 0.29) is 12.5 Å². The molecule has 96 valence electrons. The first-order chi connectivity index (χ1) is 8.72. The lowest BCUT2D eigenvalue weighted by atomic mass is 10.2. The molecule has 0 bridgehead atoms. The summed E-state index contributed by atoms with van der Waals surface area (Å²) in [7, 11) is 0. The Morgan fingerprint density at radius 3 is 3.00 bits per heavy atom. The number of benzene rings is 1. The van der Waals surface area contributed by atoms with Gasteiger partial charge < -0.3 is 10.1 Å². The minimum Gasteiger partial charge on any atom is -0.484 e. The molecule has 1 aromatic carbocycles. The lowest BCUT2D eigenvalue weighted by Gasteiger charge is -2.07. The second-order valence-electron chi connectivity index (χ2n) is 3.71. The maximum Gasteiger partial charge on any atom is 0.257 e. The number of nitriles is 1. The van der Waals surface area contributed by atoms with E-state index in [4.69, 9.17) is 21.6 Å². The first-order valence-electron chi connectivity index (χ1n) is 5.74. The zero-order valence-electron chi connectivity index (χ0n) is 9.99. The minimum atomic E-state index is -0.174. The van der Waals surface area contributed by atoms with Gasteiger partial charge in [-0.05, 0) is 31.0 Å². The summed E-state index contributed by atoms with van der Waals surface area (Å²) in [6.45, 7) is 0.540. The number of unbranched alkanes of at least 4 members (excludes halogenated alkanes) is 2. The van der Waals surface area contributed by atoms with Crippen molar-refractivity contribution in [3.8, 4) is 11.8 Å². The van der Waals surface area contributed by atoms with Gasteiger partial charge in [0.05, 0.1) is 6.07 Å². The summed E-state index contributed by atoms with van der Waals surface area (Å²) in [4.78, 5) is 11.4. The Labute approximate surface area is 112 Å². The Balaban J connectivity index is 2.15. The average Bonchev–Trinajstić information content (AvgIpc) is 2.36. The summed E-state index contributed by atoms with van der Waals surface area (Å²) in [6.07, 6.45) is 2.12. The lowest BCUT2D eigenvalue weighted by molar-refractivity contribution is -0.123. The summed E-state index contributed by atoms with van der Waals surface area (Å²) < 4.78 is 5.28. The van der Waals surface area contributed by atoms with Gasteiger partial charge in [0.15, 0.2) is 6.61 Å². The molecule has 1 rings (SSSR count). The molecule has 0 radical (unpaired) electrons. The minimum absolute atomic E-state index is 0.0292. The molecule has 0 aliphatic heterocycles. The van der Waals surface area contributed by atoms with Crippen molar-refractivity contribution >= 4 is 17.5 Å². The number of carbonyl (C=O) groups is 1. The van der Waals surface area contributed by atoms with Gasteiger partial charge in [0.25, 0.3) is 5.91 Å². The highest BCUT2D eigenvalue weighted by molar-refractivity contribution is 6.30. The largest absolute Gasteiger partial charge is 0.484 e. The Kier molecular flexibility index (Phi) is 6.67. The fraction of sp³-hybridized carbons (Fsp3) is 0.385. The van der Waals surface area contributed by atoms with E-state index >= 15 is 0 Å². The summed E-state index contributed by atoms with van der Waals surface area (Å²) in [6, 6.07) is 8.96. The van der Waals surface area contributed by atoms with Crippen LogP contribution in [0.2, 0.25) is 5.02 Å². The first-order valence-corrected chi connectivity index (χ1v) is 6.12. The normalized spacial score (nSPS) is 9.56. The molecule has 1 amide bonds. The van der Waals surface area contributed by atoms with Crippen LogP contribution in [0.3, 0.4) is 0 Å². The van der Waals surface area contributed by atoms with Gasteiger partial charge in [-0.3, -0.25) is 4.79 Å². The molecule has 0 aromatic heterocycles. The standard InChI is InChI=1S/C13H15ClN2O2/c14-11-5-4-6-12(9-11)18-10-13(17)16-8-3-1-2-7-15/h4-6,9H,1-3,8,10H2,(H,16,17). The quantitative estimate of drug-likeness (QED) is 0.772. The molecule has 18 heavy (non-hydrogen) atoms. The van der Waals surface area contributed by atoms with E-state index in [0.717, 1.165) is 12.8 Å². The number of nitrogens with one attached hydrogen (secondary N) is 1. The van der Waals surface area contributed by atoms with E-state index in [1.54, 1.807) is 24.3 Å². The molecule has 0 fully saturated rings. The number of halogens is 1. The molecule has 4 nitrogen and oxygen atoms in total. The van der Waals surface area contributed by atoms with Crippen LogP contribution in [-0.2, 0) is 4.79 Å². The summed E-state index contributed by atoms with van der Waals surface area (Å²) in [5.41, 5.74) is 0. The van der Waals surface area contributed by atoms with Crippen LogP contribution >= 0.6 is 11.6 Å². The number of rotatable bonds is 7. The van der Waals surface area contributed by atoms with Crippen molar-refractivity contribution in [2.75, 3.05) is 13.2 Å². The molecule has 0 saturated carbocycles. The molecule has 0 heterocycles. The highest BCUT2D eigenvalue weighted by atomic mass is 35.5. The molecular formula is C13H15ClN2O2. The van der Waals surface area contributed by atoms with Crippen LogP contribution in [0.1, 0.15) is 19.3 Å². The van der Waals surface area contributed by atoms with Crippen molar-refractivity contribution < 1.29 is 9.53 Å². The zero-order chi connectivity index (χ0) is 13.2. The zero-order valence-corrected chi connectivity index (χ0v) is 10.7. The maximum absolute atomic E-state index is 11.4. The van der Waals surface area contributed by atoms with Crippen LogP contribution < -0.4 is 10.1 Å². The van der Waals surface area contributed by atoms with Crippen LogP contribution in [0.25, 0.3) is 0 Å². The van der Waals surface area contributed by atoms with Gasteiger partial charge >= 0.3 is 0 Å². The fourth-order valence-corrected chi connectivity index (χ4v) is 1.49. The number of hydrogen-bond acceptors (Lipinski definition) is 3. The van der Waals surface area contributed by atoms with Crippen molar-refractivity contribution in [2.45, 2.75) is 19.3 Å². The molecule has 1 N–H and O–H groups in total. The topological polar surface area (TPSA) is 62.1 Å². The number of amides is 1. The maximum atomic E-state index is 11.4. The van der Waals surface area contributed by atoms with Crippen molar-refractivity contribution in [3.05, 3.63) is 29.3 Å². The van der Waals surface area contributed by atoms with Crippen molar-refractivity contribution in [3.63, 3.8) is 0 Å². The highest BCUT2D eigenvalue weighted by Gasteiger charge is 2.02. The Hall–Kier alpha value is -1.73. The van der Waals surface area contributed by atoms with E-state index in [0.29, 0.717) is 23.7 Å². The second kappa shape index (κ2) is 8.37. The SMILES string of the molecule is N#CCCCCNC(=O)COc1cccc(Cl)c1. The lowest BCUT2D eigenvalue weighted by Crippen LogP contribution is -2.29. The highest BCUT2D eigenvalue weighted by Crippen LogP contribution is 2.16. The Morgan fingerprint density at radius 2 is 2.28 bits per heavy atom.